The molecule has 1 heterocycles. The molecule has 21 heavy (non-hydrogen) atoms. The molecule has 1 fully saturated rings. The number of benzene rings is 1. The van der Waals surface area contributed by atoms with Crippen molar-refractivity contribution in [2.45, 2.75) is 43.7 Å². The lowest BCUT2D eigenvalue weighted by Gasteiger charge is -2.29. The van der Waals surface area contributed by atoms with Gasteiger partial charge in [0, 0.05) is 12.6 Å². The zero-order valence-electron chi connectivity index (χ0n) is 12.5. The van der Waals surface area contributed by atoms with Crippen molar-refractivity contribution in [3.63, 3.8) is 0 Å². The van der Waals surface area contributed by atoms with Crippen LogP contribution in [0.2, 0.25) is 0 Å². The highest BCUT2D eigenvalue weighted by atomic mass is 32.2. The second kappa shape index (κ2) is 7.35. The Labute approximate surface area is 127 Å². The van der Waals surface area contributed by atoms with Crippen molar-refractivity contribution in [1.29, 1.82) is 0 Å². The van der Waals surface area contributed by atoms with Gasteiger partial charge in [-0.2, -0.15) is 0 Å². The molecule has 0 amide bonds. The maximum atomic E-state index is 12.3. The van der Waals surface area contributed by atoms with Gasteiger partial charge in [-0.05, 0) is 50.6 Å². The van der Waals surface area contributed by atoms with Crippen LogP contribution in [-0.4, -0.2) is 44.1 Å². The maximum absolute atomic E-state index is 12.3. The number of piperidine rings is 1. The van der Waals surface area contributed by atoms with Gasteiger partial charge in [-0.15, -0.1) is 0 Å². The van der Waals surface area contributed by atoms with Crippen LogP contribution >= 0.6 is 0 Å². The summed E-state index contributed by atoms with van der Waals surface area (Å²) in [7, 11) is -3.53. The first-order valence-corrected chi connectivity index (χ1v) is 8.94. The molecule has 1 atom stereocenters. The fourth-order valence-corrected chi connectivity index (χ4v) is 4.02. The largest absolute Gasteiger partial charge is 0.392 e. The van der Waals surface area contributed by atoms with E-state index >= 15 is 0 Å². The number of nitrogens with zero attached hydrogens (tertiary/aromatic N) is 1. The van der Waals surface area contributed by atoms with Gasteiger partial charge in [-0.3, -0.25) is 0 Å². The van der Waals surface area contributed by atoms with Gasteiger partial charge in [0.1, 0.15) is 0 Å². The van der Waals surface area contributed by atoms with Crippen molar-refractivity contribution in [2.75, 3.05) is 19.6 Å². The average Bonchev–Trinajstić information content (AvgIpc) is 2.47. The van der Waals surface area contributed by atoms with E-state index in [2.05, 4.69) is 9.62 Å². The smallest absolute Gasteiger partial charge is 0.240 e. The Bertz CT molecular complexity index is 554. The van der Waals surface area contributed by atoms with E-state index in [1.807, 2.05) is 6.92 Å². The van der Waals surface area contributed by atoms with Crippen LogP contribution in [0.5, 0.6) is 0 Å². The predicted molar refractivity (Wildman–Crippen MR) is 82.4 cm³/mol. The van der Waals surface area contributed by atoms with E-state index in [1.54, 1.807) is 18.2 Å². The fraction of sp³-hybridized carbons (Fsp3) is 0.600. The number of sulfonamides is 1. The third-order valence-corrected chi connectivity index (χ3v) is 5.32. The molecule has 5 nitrogen and oxygen atoms in total. The normalized spacial score (nSPS) is 18.6. The Hall–Kier alpha value is -0.950. The molecule has 1 aromatic rings. The average molecular weight is 312 g/mol. The Balaban J connectivity index is 1.98. The molecule has 0 saturated carbocycles. The van der Waals surface area contributed by atoms with Gasteiger partial charge in [0.2, 0.25) is 10.0 Å². The van der Waals surface area contributed by atoms with E-state index < -0.39 is 10.0 Å². The van der Waals surface area contributed by atoms with Crippen molar-refractivity contribution < 1.29 is 13.5 Å². The monoisotopic (exact) mass is 312 g/mol. The highest BCUT2D eigenvalue weighted by Crippen LogP contribution is 2.13. The first kappa shape index (κ1) is 16.4. The zero-order valence-corrected chi connectivity index (χ0v) is 13.3. The molecule has 1 saturated heterocycles. The van der Waals surface area contributed by atoms with Crippen LogP contribution in [0.3, 0.4) is 0 Å². The first-order valence-electron chi connectivity index (χ1n) is 7.46. The van der Waals surface area contributed by atoms with Crippen molar-refractivity contribution in [3.05, 3.63) is 29.8 Å². The fourth-order valence-electron chi connectivity index (χ4n) is 2.71. The number of aliphatic hydroxyl groups is 1. The summed E-state index contributed by atoms with van der Waals surface area (Å²) in [4.78, 5) is 2.51. The summed E-state index contributed by atoms with van der Waals surface area (Å²) < 4.78 is 27.4. The molecule has 0 spiro atoms. The minimum atomic E-state index is -3.53. The molecule has 0 aromatic heterocycles. The summed E-state index contributed by atoms with van der Waals surface area (Å²) in [6.45, 7) is 4.56. The summed E-state index contributed by atoms with van der Waals surface area (Å²) in [5.74, 6) is 0. The van der Waals surface area contributed by atoms with Gasteiger partial charge < -0.3 is 10.0 Å². The van der Waals surface area contributed by atoms with Crippen molar-refractivity contribution in [1.82, 2.24) is 9.62 Å². The number of likely N-dealkylation sites (tertiary alicyclic amines) is 1. The minimum Gasteiger partial charge on any atom is -0.392 e. The number of rotatable bonds is 6. The zero-order chi connectivity index (χ0) is 15.3. The van der Waals surface area contributed by atoms with Crippen LogP contribution in [0.4, 0.5) is 0 Å². The van der Waals surface area contributed by atoms with E-state index in [0.29, 0.717) is 5.56 Å². The number of hydrogen-bond acceptors (Lipinski definition) is 4. The molecule has 118 valence electrons. The Morgan fingerprint density at radius 3 is 2.67 bits per heavy atom. The summed E-state index contributed by atoms with van der Waals surface area (Å²) in [5, 5.41) is 9.10. The molecule has 0 radical (unpaired) electrons. The van der Waals surface area contributed by atoms with E-state index in [-0.39, 0.29) is 17.5 Å². The lowest BCUT2D eigenvalue weighted by Crippen LogP contribution is -2.43. The van der Waals surface area contributed by atoms with E-state index in [9.17, 15) is 8.42 Å². The van der Waals surface area contributed by atoms with Crippen LogP contribution in [0.1, 0.15) is 31.7 Å². The van der Waals surface area contributed by atoms with Gasteiger partial charge >= 0.3 is 0 Å². The Morgan fingerprint density at radius 2 is 2.00 bits per heavy atom. The third-order valence-electron chi connectivity index (χ3n) is 3.73. The molecular formula is C15H24N2O3S. The van der Waals surface area contributed by atoms with E-state index in [4.69, 9.17) is 5.11 Å². The molecule has 6 heteroatoms. The summed E-state index contributed by atoms with van der Waals surface area (Å²) in [6.07, 6.45) is 3.65. The lowest BCUT2D eigenvalue weighted by molar-refractivity contribution is 0.215. The molecule has 2 N–H and O–H groups in total. The highest BCUT2D eigenvalue weighted by molar-refractivity contribution is 7.89. The summed E-state index contributed by atoms with van der Waals surface area (Å²) in [6, 6.07) is 6.28. The Kier molecular flexibility index (Phi) is 5.75. The van der Waals surface area contributed by atoms with Crippen molar-refractivity contribution in [2.24, 2.45) is 0 Å². The number of hydrogen-bond donors (Lipinski definition) is 2. The molecular weight excluding hydrogens is 288 g/mol. The molecule has 1 aliphatic rings. The maximum Gasteiger partial charge on any atom is 0.240 e. The van der Waals surface area contributed by atoms with Crippen LogP contribution in [-0.2, 0) is 16.6 Å². The minimum absolute atomic E-state index is 0.133. The summed E-state index contributed by atoms with van der Waals surface area (Å²) >= 11 is 0. The van der Waals surface area contributed by atoms with E-state index in [0.717, 1.165) is 19.6 Å². The quantitative estimate of drug-likeness (QED) is 0.831. The SMILES string of the molecule is CC(CN1CCCCC1)NS(=O)(=O)c1cccc(CO)c1. The van der Waals surface area contributed by atoms with E-state index in [1.165, 1.54) is 25.3 Å². The van der Waals surface area contributed by atoms with Gasteiger partial charge in [-0.25, -0.2) is 13.1 Å². The van der Waals surface area contributed by atoms with Crippen molar-refractivity contribution in [3.8, 4) is 0 Å². The lowest BCUT2D eigenvalue weighted by atomic mass is 10.1. The summed E-state index contributed by atoms with van der Waals surface area (Å²) in [5.41, 5.74) is 0.599. The molecule has 0 aliphatic carbocycles. The number of nitrogens with one attached hydrogen (secondary N) is 1. The van der Waals surface area contributed by atoms with Gasteiger partial charge in [-0.1, -0.05) is 18.6 Å². The van der Waals surface area contributed by atoms with Gasteiger partial charge in [0.15, 0.2) is 0 Å². The molecule has 1 unspecified atom stereocenters. The van der Waals surface area contributed by atoms with Gasteiger partial charge in [0.25, 0.3) is 0 Å². The predicted octanol–water partition coefficient (Wildman–Crippen LogP) is 1.33. The highest BCUT2D eigenvalue weighted by Gasteiger charge is 2.20. The third kappa shape index (κ3) is 4.78. The Morgan fingerprint density at radius 1 is 1.29 bits per heavy atom. The molecule has 1 aliphatic heterocycles. The van der Waals surface area contributed by atoms with Crippen LogP contribution < -0.4 is 4.72 Å². The van der Waals surface area contributed by atoms with Gasteiger partial charge in [0.05, 0.1) is 11.5 Å². The first-order chi connectivity index (χ1) is 10.0. The second-order valence-corrected chi connectivity index (χ2v) is 7.40. The van der Waals surface area contributed by atoms with Crippen molar-refractivity contribution >= 4 is 10.0 Å². The molecule has 2 rings (SSSR count). The van der Waals surface area contributed by atoms with Crippen LogP contribution in [0.25, 0.3) is 0 Å². The second-order valence-electron chi connectivity index (χ2n) is 5.69. The topological polar surface area (TPSA) is 69.6 Å². The van der Waals surface area contributed by atoms with Crippen LogP contribution in [0, 0.1) is 0 Å². The molecule has 1 aromatic carbocycles. The number of aliphatic hydroxyl groups excluding tert-OH is 1. The molecule has 0 bridgehead atoms. The van der Waals surface area contributed by atoms with Crippen LogP contribution in [0.15, 0.2) is 29.2 Å². The standard InChI is InChI=1S/C15H24N2O3S/c1-13(11-17-8-3-2-4-9-17)16-21(19,20)15-7-5-6-14(10-15)12-18/h5-7,10,13,16,18H,2-4,8-9,11-12H2,1H3.